The second-order valence-corrected chi connectivity index (χ2v) is 7.18. The van der Waals surface area contributed by atoms with Crippen molar-refractivity contribution in [3.8, 4) is 0 Å². The molecule has 1 aromatic rings. The van der Waals surface area contributed by atoms with Gasteiger partial charge >= 0.3 is 12.1 Å². The first-order valence-electron chi connectivity index (χ1n) is 8.18. The van der Waals surface area contributed by atoms with Crippen molar-refractivity contribution in [2.24, 2.45) is 0 Å². The lowest BCUT2D eigenvalue weighted by Gasteiger charge is -2.40. The number of ether oxygens (including phenoxy) is 2. The van der Waals surface area contributed by atoms with Crippen molar-refractivity contribution >= 4 is 12.1 Å². The van der Waals surface area contributed by atoms with Crippen molar-refractivity contribution in [3.63, 3.8) is 0 Å². The number of amides is 1. The molecule has 1 amide bonds. The molecule has 2 rings (SSSR count). The molecule has 1 aliphatic rings. The normalized spacial score (nSPS) is 17.3. The van der Waals surface area contributed by atoms with Gasteiger partial charge in [0.2, 0.25) is 0 Å². The number of aryl methyl sites for hydroxylation is 1. The first-order chi connectivity index (χ1) is 11.2. The second kappa shape index (κ2) is 6.79. The molecule has 0 unspecified atom stereocenters. The number of likely N-dealkylation sites (tertiary alicyclic amines) is 1. The maximum absolute atomic E-state index is 12.6. The van der Waals surface area contributed by atoms with Crippen molar-refractivity contribution in [2.75, 3.05) is 20.2 Å². The van der Waals surface area contributed by atoms with Crippen LogP contribution in [0.5, 0.6) is 0 Å². The van der Waals surface area contributed by atoms with E-state index in [1.807, 2.05) is 39.8 Å². The Morgan fingerprint density at radius 1 is 1.25 bits per heavy atom. The van der Waals surface area contributed by atoms with E-state index in [4.69, 9.17) is 9.47 Å². The summed E-state index contributed by atoms with van der Waals surface area (Å²) < 4.78 is 10.5. The molecule has 0 bridgehead atoms. The monoisotopic (exact) mass is 334 g/mol. The Morgan fingerprint density at radius 2 is 1.88 bits per heavy atom. The number of piperidine rings is 1. The quantitative estimate of drug-likeness (QED) is 0.778. The smallest absolute Gasteiger partial charge is 0.410 e. The topological polar surface area (TPSA) is 68.7 Å². The van der Waals surface area contributed by atoms with Gasteiger partial charge in [0.25, 0.3) is 0 Å². The lowest BCUT2D eigenvalue weighted by atomic mass is 9.72. The SMILES string of the molecule is COC(=O)C1(c2cccnc2C)CCN(C(=O)OC(C)(C)C)CC1. The van der Waals surface area contributed by atoms with Crippen LogP contribution in [0.15, 0.2) is 18.3 Å². The number of hydrogen-bond donors (Lipinski definition) is 0. The number of pyridine rings is 1. The average molecular weight is 334 g/mol. The van der Waals surface area contributed by atoms with E-state index in [1.54, 1.807) is 11.1 Å². The minimum absolute atomic E-state index is 0.276. The van der Waals surface area contributed by atoms with Crippen LogP contribution < -0.4 is 0 Å². The standard InChI is InChI=1S/C18H26N2O4/c1-13-14(7-6-10-19-13)18(15(21)23-5)8-11-20(12-9-18)16(22)24-17(2,3)4/h6-7,10H,8-9,11-12H2,1-5H3. The maximum Gasteiger partial charge on any atom is 0.410 e. The lowest BCUT2D eigenvalue weighted by Crippen LogP contribution is -2.50. The van der Waals surface area contributed by atoms with Crippen molar-refractivity contribution in [3.05, 3.63) is 29.6 Å². The molecule has 1 aromatic heterocycles. The predicted molar refractivity (Wildman–Crippen MR) is 89.7 cm³/mol. The second-order valence-electron chi connectivity index (χ2n) is 7.18. The largest absolute Gasteiger partial charge is 0.468 e. The molecule has 6 nitrogen and oxygen atoms in total. The van der Waals surface area contributed by atoms with Gasteiger partial charge in [-0.1, -0.05) is 6.07 Å². The van der Waals surface area contributed by atoms with Gasteiger partial charge in [-0.25, -0.2) is 4.79 Å². The van der Waals surface area contributed by atoms with E-state index in [1.165, 1.54) is 7.11 Å². The van der Waals surface area contributed by atoms with E-state index < -0.39 is 11.0 Å². The fourth-order valence-electron chi connectivity index (χ4n) is 3.17. The summed E-state index contributed by atoms with van der Waals surface area (Å²) in [6, 6.07) is 3.75. The zero-order chi connectivity index (χ0) is 18.0. The van der Waals surface area contributed by atoms with Gasteiger partial charge in [0.1, 0.15) is 5.60 Å². The lowest BCUT2D eigenvalue weighted by molar-refractivity contribution is -0.149. The Hall–Kier alpha value is -2.11. The van der Waals surface area contributed by atoms with Crippen molar-refractivity contribution in [2.45, 2.75) is 51.6 Å². The first kappa shape index (κ1) is 18.2. The molecule has 132 valence electrons. The summed E-state index contributed by atoms with van der Waals surface area (Å²) in [5.74, 6) is -0.276. The highest BCUT2D eigenvalue weighted by molar-refractivity contribution is 5.84. The third-order valence-corrected chi connectivity index (χ3v) is 4.37. The van der Waals surface area contributed by atoms with Gasteiger partial charge in [-0.2, -0.15) is 0 Å². The number of esters is 1. The Morgan fingerprint density at radius 3 is 2.38 bits per heavy atom. The average Bonchev–Trinajstić information content (AvgIpc) is 2.53. The molecule has 24 heavy (non-hydrogen) atoms. The number of carbonyl (C=O) groups is 2. The third kappa shape index (κ3) is 3.68. The molecule has 6 heteroatoms. The van der Waals surface area contributed by atoms with E-state index in [9.17, 15) is 9.59 Å². The highest BCUT2D eigenvalue weighted by Gasteiger charge is 2.46. The van der Waals surface area contributed by atoms with Crippen LogP contribution >= 0.6 is 0 Å². The Balaban J connectivity index is 2.22. The van der Waals surface area contributed by atoms with Crippen molar-refractivity contribution in [1.29, 1.82) is 0 Å². The number of rotatable bonds is 2. The van der Waals surface area contributed by atoms with Crippen LogP contribution in [0.1, 0.15) is 44.9 Å². The van der Waals surface area contributed by atoms with Crippen LogP contribution in [-0.4, -0.2) is 47.7 Å². The molecule has 1 aliphatic heterocycles. The fraction of sp³-hybridized carbons (Fsp3) is 0.611. The van der Waals surface area contributed by atoms with Crippen LogP contribution in [0.2, 0.25) is 0 Å². The summed E-state index contributed by atoms with van der Waals surface area (Å²) >= 11 is 0. The molecular formula is C18H26N2O4. The summed E-state index contributed by atoms with van der Waals surface area (Å²) in [4.78, 5) is 30.8. The summed E-state index contributed by atoms with van der Waals surface area (Å²) in [5.41, 5.74) is 0.397. The fourth-order valence-corrected chi connectivity index (χ4v) is 3.17. The molecule has 0 aromatic carbocycles. The van der Waals surface area contributed by atoms with E-state index in [2.05, 4.69) is 4.98 Å². The molecule has 1 fully saturated rings. The molecule has 0 atom stereocenters. The number of carbonyl (C=O) groups excluding carboxylic acids is 2. The number of nitrogens with zero attached hydrogens (tertiary/aromatic N) is 2. The summed E-state index contributed by atoms with van der Waals surface area (Å²) in [6.07, 6.45) is 2.35. The van der Waals surface area contributed by atoms with Crippen LogP contribution in [-0.2, 0) is 19.7 Å². The summed E-state index contributed by atoms with van der Waals surface area (Å²) in [5, 5.41) is 0. The van der Waals surface area contributed by atoms with E-state index >= 15 is 0 Å². The minimum atomic E-state index is -0.758. The van der Waals surface area contributed by atoms with Crippen LogP contribution in [0, 0.1) is 6.92 Å². The Labute approximate surface area is 143 Å². The molecule has 2 heterocycles. The highest BCUT2D eigenvalue weighted by atomic mass is 16.6. The summed E-state index contributed by atoms with van der Waals surface area (Å²) in [7, 11) is 1.40. The Kier molecular flexibility index (Phi) is 5.16. The molecule has 1 saturated heterocycles. The van der Waals surface area contributed by atoms with Gasteiger partial charge in [0, 0.05) is 25.0 Å². The zero-order valence-electron chi connectivity index (χ0n) is 15.1. The number of aromatic nitrogens is 1. The van der Waals surface area contributed by atoms with Gasteiger partial charge < -0.3 is 14.4 Å². The zero-order valence-corrected chi connectivity index (χ0v) is 15.1. The van der Waals surface area contributed by atoms with Gasteiger partial charge in [0.15, 0.2) is 0 Å². The molecule has 0 aliphatic carbocycles. The summed E-state index contributed by atoms with van der Waals surface area (Å²) in [6.45, 7) is 8.29. The number of hydrogen-bond acceptors (Lipinski definition) is 5. The molecule has 0 N–H and O–H groups in total. The first-order valence-corrected chi connectivity index (χ1v) is 8.18. The predicted octanol–water partition coefficient (Wildman–Crippen LogP) is 2.83. The van der Waals surface area contributed by atoms with Gasteiger partial charge in [-0.3, -0.25) is 9.78 Å². The van der Waals surface area contributed by atoms with Gasteiger partial charge in [0.05, 0.1) is 12.5 Å². The van der Waals surface area contributed by atoms with Crippen LogP contribution in [0.3, 0.4) is 0 Å². The van der Waals surface area contributed by atoms with Gasteiger partial charge in [-0.15, -0.1) is 0 Å². The Bertz CT molecular complexity index is 614. The van der Waals surface area contributed by atoms with E-state index in [0.29, 0.717) is 25.9 Å². The third-order valence-electron chi connectivity index (χ3n) is 4.37. The minimum Gasteiger partial charge on any atom is -0.468 e. The van der Waals surface area contributed by atoms with Crippen LogP contribution in [0.25, 0.3) is 0 Å². The van der Waals surface area contributed by atoms with Crippen LogP contribution in [0.4, 0.5) is 4.79 Å². The highest BCUT2D eigenvalue weighted by Crippen LogP contribution is 2.38. The van der Waals surface area contributed by atoms with Crippen molar-refractivity contribution < 1.29 is 19.1 Å². The van der Waals surface area contributed by atoms with Gasteiger partial charge in [-0.05, 0) is 52.2 Å². The van der Waals surface area contributed by atoms with E-state index in [0.717, 1.165) is 11.3 Å². The molecule has 0 radical (unpaired) electrons. The number of methoxy groups -OCH3 is 1. The van der Waals surface area contributed by atoms with E-state index in [-0.39, 0.29) is 12.1 Å². The van der Waals surface area contributed by atoms with Crippen molar-refractivity contribution in [1.82, 2.24) is 9.88 Å². The molecule has 0 spiro atoms. The molecule has 0 saturated carbocycles. The maximum atomic E-state index is 12.6. The molecular weight excluding hydrogens is 308 g/mol.